The second-order valence-electron chi connectivity index (χ2n) is 7.57. The van der Waals surface area contributed by atoms with Crippen LogP contribution in [0.1, 0.15) is 37.3 Å². The number of aromatic amines is 1. The first-order valence-electron chi connectivity index (χ1n) is 10.5. The Kier molecular flexibility index (Phi) is 6.56. The SMILES string of the molecule is CCN1CC=C(c2c[nH]c3ccc(SCCCCc4ccccc4)cc23)CC1. The molecule has 0 amide bonds. The highest BCUT2D eigenvalue weighted by molar-refractivity contribution is 7.99. The quantitative estimate of drug-likeness (QED) is 0.355. The van der Waals surface area contributed by atoms with Gasteiger partial charge in [0.25, 0.3) is 0 Å². The number of nitrogens with zero attached hydrogens (tertiary/aromatic N) is 1. The minimum atomic E-state index is 1.08. The van der Waals surface area contributed by atoms with E-state index in [1.807, 2.05) is 11.8 Å². The predicted molar refractivity (Wildman–Crippen MR) is 123 cm³/mol. The number of fused-ring (bicyclic) bond motifs is 1. The third-order valence-electron chi connectivity index (χ3n) is 5.71. The van der Waals surface area contributed by atoms with Crippen LogP contribution in [0, 0.1) is 0 Å². The molecular formula is C25H30N2S. The molecule has 0 fully saturated rings. The molecule has 0 atom stereocenters. The molecule has 3 heteroatoms. The molecule has 0 aliphatic carbocycles. The van der Waals surface area contributed by atoms with Crippen molar-refractivity contribution in [2.45, 2.75) is 37.5 Å². The highest BCUT2D eigenvalue weighted by atomic mass is 32.2. The molecule has 1 aromatic heterocycles. The molecule has 0 spiro atoms. The zero-order valence-electron chi connectivity index (χ0n) is 16.8. The van der Waals surface area contributed by atoms with Gasteiger partial charge in [-0.2, -0.15) is 0 Å². The number of hydrogen-bond acceptors (Lipinski definition) is 2. The molecule has 0 radical (unpaired) electrons. The number of rotatable bonds is 8. The van der Waals surface area contributed by atoms with Gasteiger partial charge in [0.05, 0.1) is 0 Å². The summed E-state index contributed by atoms with van der Waals surface area (Å²) in [6.07, 6.45) is 9.47. The van der Waals surface area contributed by atoms with E-state index in [1.165, 1.54) is 64.1 Å². The van der Waals surface area contributed by atoms with Crippen LogP contribution in [0.5, 0.6) is 0 Å². The molecule has 2 nitrogen and oxygen atoms in total. The number of thioether (sulfide) groups is 1. The van der Waals surface area contributed by atoms with Gasteiger partial charge in [-0.25, -0.2) is 0 Å². The van der Waals surface area contributed by atoms with E-state index in [0.717, 1.165) is 19.5 Å². The van der Waals surface area contributed by atoms with Crippen molar-refractivity contribution in [3.8, 4) is 0 Å². The molecule has 0 saturated heterocycles. The zero-order chi connectivity index (χ0) is 19.2. The molecule has 1 aliphatic rings. The fourth-order valence-electron chi connectivity index (χ4n) is 3.96. The molecule has 1 N–H and O–H groups in total. The second kappa shape index (κ2) is 9.49. The second-order valence-corrected chi connectivity index (χ2v) is 8.74. The van der Waals surface area contributed by atoms with Crippen LogP contribution in [0.3, 0.4) is 0 Å². The Morgan fingerprint density at radius 1 is 1.07 bits per heavy atom. The van der Waals surface area contributed by atoms with E-state index in [1.54, 1.807) is 0 Å². The normalized spacial score (nSPS) is 15.1. The van der Waals surface area contributed by atoms with Gasteiger partial charge in [-0.1, -0.05) is 43.3 Å². The molecule has 1 aliphatic heterocycles. The minimum absolute atomic E-state index is 1.08. The summed E-state index contributed by atoms with van der Waals surface area (Å²) in [6.45, 7) is 5.63. The first-order valence-corrected chi connectivity index (χ1v) is 11.5. The van der Waals surface area contributed by atoms with Crippen molar-refractivity contribution in [2.24, 2.45) is 0 Å². The van der Waals surface area contributed by atoms with Crippen LogP contribution in [-0.2, 0) is 6.42 Å². The lowest BCUT2D eigenvalue weighted by molar-refractivity contribution is 0.319. The molecule has 3 aromatic rings. The van der Waals surface area contributed by atoms with Crippen LogP contribution in [0.15, 0.2) is 65.7 Å². The van der Waals surface area contributed by atoms with Crippen molar-refractivity contribution in [1.82, 2.24) is 9.88 Å². The Labute approximate surface area is 173 Å². The molecule has 146 valence electrons. The van der Waals surface area contributed by atoms with Gasteiger partial charge < -0.3 is 4.98 Å². The summed E-state index contributed by atoms with van der Waals surface area (Å²) in [6, 6.07) is 17.7. The minimum Gasteiger partial charge on any atom is -0.361 e. The Balaban J connectivity index is 1.35. The van der Waals surface area contributed by atoms with Gasteiger partial charge >= 0.3 is 0 Å². The van der Waals surface area contributed by atoms with Crippen LogP contribution in [0.2, 0.25) is 0 Å². The number of likely N-dealkylation sites (N-methyl/N-ethyl adjacent to an activating group) is 1. The summed E-state index contributed by atoms with van der Waals surface area (Å²) in [5.74, 6) is 1.19. The van der Waals surface area contributed by atoms with Crippen molar-refractivity contribution >= 4 is 28.2 Å². The van der Waals surface area contributed by atoms with Crippen molar-refractivity contribution in [3.05, 3.63) is 71.9 Å². The number of nitrogens with one attached hydrogen (secondary N) is 1. The van der Waals surface area contributed by atoms with Crippen molar-refractivity contribution in [1.29, 1.82) is 0 Å². The molecule has 28 heavy (non-hydrogen) atoms. The van der Waals surface area contributed by atoms with E-state index in [2.05, 4.69) is 77.6 Å². The zero-order valence-corrected chi connectivity index (χ0v) is 17.6. The Morgan fingerprint density at radius 3 is 2.75 bits per heavy atom. The van der Waals surface area contributed by atoms with Crippen LogP contribution < -0.4 is 0 Å². The maximum absolute atomic E-state index is 3.47. The predicted octanol–water partition coefficient (Wildman–Crippen LogP) is 6.39. The van der Waals surface area contributed by atoms with Crippen molar-refractivity contribution < 1.29 is 0 Å². The maximum Gasteiger partial charge on any atom is 0.0461 e. The number of H-pyrrole nitrogens is 1. The van der Waals surface area contributed by atoms with Crippen LogP contribution in [0.4, 0.5) is 0 Å². The Bertz CT molecular complexity index is 926. The molecule has 0 unspecified atom stereocenters. The van der Waals surface area contributed by atoms with E-state index in [4.69, 9.17) is 0 Å². The van der Waals surface area contributed by atoms with E-state index >= 15 is 0 Å². The number of aromatic nitrogens is 1. The van der Waals surface area contributed by atoms with Gasteiger partial charge in [-0.05, 0) is 67.3 Å². The lowest BCUT2D eigenvalue weighted by Crippen LogP contribution is -2.27. The van der Waals surface area contributed by atoms with E-state index < -0.39 is 0 Å². The third-order valence-corrected chi connectivity index (χ3v) is 6.79. The lowest BCUT2D eigenvalue weighted by atomic mass is 9.99. The van der Waals surface area contributed by atoms with E-state index in [-0.39, 0.29) is 0 Å². The number of hydrogen-bond donors (Lipinski definition) is 1. The van der Waals surface area contributed by atoms with Gasteiger partial charge in [0.1, 0.15) is 0 Å². The monoisotopic (exact) mass is 390 g/mol. The number of unbranched alkanes of at least 4 members (excludes halogenated alkanes) is 1. The topological polar surface area (TPSA) is 19.0 Å². The maximum atomic E-state index is 3.47. The highest BCUT2D eigenvalue weighted by Crippen LogP contribution is 2.32. The van der Waals surface area contributed by atoms with E-state index in [0.29, 0.717) is 0 Å². The third kappa shape index (κ3) is 4.71. The fourth-order valence-corrected chi connectivity index (χ4v) is 4.91. The van der Waals surface area contributed by atoms with Gasteiger partial charge in [-0.3, -0.25) is 4.90 Å². The average Bonchev–Trinajstić information content (AvgIpc) is 3.17. The number of benzene rings is 2. The van der Waals surface area contributed by atoms with Crippen molar-refractivity contribution in [2.75, 3.05) is 25.4 Å². The summed E-state index contributed by atoms with van der Waals surface area (Å²) < 4.78 is 0. The van der Waals surface area contributed by atoms with Crippen LogP contribution in [0.25, 0.3) is 16.5 Å². The summed E-state index contributed by atoms with van der Waals surface area (Å²) in [7, 11) is 0. The summed E-state index contributed by atoms with van der Waals surface area (Å²) in [4.78, 5) is 7.35. The number of aryl methyl sites for hydroxylation is 1. The summed E-state index contributed by atoms with van der Waals surface area (Å²) in [5, 5.41) is 1.38. The molecule has 0 saturated carbocycles. The van der Waals surface area contributed by atoms with Crippen LogP contribution >= 0.6 is 11.8 Å². The lowest BCUT2D eigenvalue weighted by Gasteiger charge is -2.24. The molecular weight excluding hydrogens is 360 g/mol. The highest BCUT2D eigenvalue weighted by Gasteiger charge is 2.14. The summed E-state index contributed by atoms with van der Waals surface area (Å²) >= 11 is 1.99. The first kappa shape index (κ1) is 19.4. The smallest absolute Gasteiger partial charge is 0.0461 e. The largest absolute Gasteiger partial charge is 0.361 e. The molecule has 4 rings (SSSR count). The van der Waals surface area contributed by atoms with Gasteiger partial charge in [0.15, 0.2) is 0 Å². The first-order chi connectivity index (χ1) is 13.8. The van der Waals surface area contributed by atoms with Gasteiger partial charge in [-0.15, -0.1) is 11.8 Å². The van der Waals surface area contributed by atoms with Crippen molar-refractivity contribution in [3.63, 3.8) is 0 Å². The van der Waals surface area contributed by atoms with E-state index in [9.17, 15) is 0 Å². The van der Waals surface area contributed by atoms with Gasteiger partial charge in [0, 0.05) is 40.6 Å². The molecule has 2 heterocycles. The standard InChI is InChI=1S/C25H30N2S/c1-2-27-15-13-21(14-16-27)24-19-26-25-12-11-22(18-23(24)25)28-17-7-6-10-20-8-4-3-5-9-20/h3-5,8-9,11-13,18-19,26H,2,6-7,10,14-17H2,1H3. The Hall–Kier alpha value is -1.97. The van der Waals surface area contributed by atoms with Crippen LogP contribution in [-0.4, -0.2) is 35.3 Å². The average molecular weight is 391 g/mol. The summed E-state index contributed by atoms with van der Waals surface area (Å²) in [5.41, 5.74) is 5.61. The molecule has 0 bridgehead atoms. The van der Waals surface area contributed by atoms with Gasteiger partial charge in [0.2, 0.25) is 0 Å². The Morgan fingerprint density at radius 2 is 1.96 bits per heavy atom. The fraction of sp³-hybridized carbons (Fsp3) is 0.360. The molecule has 2 aromatic carbocycles.